The van der Waals surface area contributed by atoms with Crippen molar-refractivity contribution in [2.75, 3.05) is 0 Å². The first-order valence-electron chi connectivity index (χ1n) is 10.0. The van der Waals surface area contributed by atoms with Crippen molar-refractivity contribution in [1.82, 2.24) is 0 Å². The van der Waals surface area contributed by atoms with E-state index in [0.717, 1.165) is 25.7 Å². The van der Waals surface area contributed by atoms with Gasteiger partial charge >= 0.3 is 11.9 Å². The third-order valence-corrected chi connectivity index (χ3v) is 6.52. The molecule has 6 atom stereocenters. The Hall–Kier alpha value is -1.63. The molecular formula is C21H23ClO6. The molecule has 5 rings (SSSR count). The van der Waals surface area contributed by atoms with E-state index in [-0.39, 0.29) is 36.0 Å². The fraction of sp³-hybridized carbons (Fsp3) is 0.619. The Kier molecular flexibility index (Phi) is 4.81. The summed E-state index contributed by atoms with van der Waals surface area (Å²) in [5.74, 6) is -1.10. The number of benzene rings is 1. The summed E-state index contributed by atoms with van der Waals surface area (Å²) in [4.78, 5) is 25.4. The molecule has 0 spiro atoms. The Labute approximate surface area is 168 Å². The standard InChI is InChI=1S/C21H23ClO6/c22-14-5-1-11(2-6-14)21(27-19(23)12-3-7-15-17(9-12)25-15)28-20(24)13-4-8-16-18(10-13)26-16/h1-2,5-6,12-13,15-18,21H,3-4,7-10H2. The van der Waals surface area contributed by atoms with Crippen molar-refractivity contribution in [3.05, 3.63) is 34.9 Å². The minimum absolute atomic E-state index is 0.177. The summed E-state index contributed by atoms with van der Waals surface area (Å²) in [5, 5.41) is 0.563. The monoisotopic (exact) mass is 406 g/mol. The summed E-state index contributed by atoms with van der Waals surface area (Å²) in [7, 11) is 0. The van der Waals surface area contributed by atoms with Gasteiger partial charge < -0.3 is 18.9 Å². The van der Waals surface area contributed by atoms with Crippen molar-refractivity contribution in [1.29, 1.82) is 0 Å². The van der Waals surface area contributed by atoms with Crippen LogP contribution in [0.15, 0.2) is 24.3 Å². The van der Waals surface area contributed by atoms with E-state index in [1.807, 2.05) is 0 Å². The Balaban J connectivity index is 1.27. The molecular weight excluding hydrogens is 384 g/mol. The minimum Gasteiger partial charge on any atom is -0.420 e. The summed E-state index contributed by atoms with van der Waals surface area (Å²) in [6, 6.07) is 6.82. The maximum Gasteiger partial charge on any atom is 0.312 e. The molecule has 6 unspecified atom stereocenters. The zero-order chi connectivity index (χ0) is 19.3. The third kappa shape index (κ3) is 3.91. The van der Waals surface area contributed by atoms with E-state index in [1.165, 1.54) is 0 Å². The maximum atomic E-state index is 12.7. The fourth-order valence-electron chi connectivity index (χ4n) is 4.42. The molecule has 28 heavy (non-hydrogen) atoms. The lowest BCUT2D eigenvalue weighted by Gasteiger charge is -2.25. The lowest BCUT2D eigenvalue weighted by Crippen LogP contribution is -2.29. The molecule has 0 radical (unpaired) electrons. The Bertz CT molecular complexity index is 723. The highest BCUT2D eigenvalue weighted by Crippen LogP contribution is 2.42. The number of halogens is 1. The van der Waals surface area contributed by atoms with Crippen LogP contribution in [0.1, 0.15) is 50.4 Å². The molecule has 1 aromatic carbocycles. The molecule has 0 N–H and O–H groups in total. The number of fused-ring (bicyclic) bond motifs is 2. The first kappa shape index (κ1) is 18.4. The van der Waals surface area contributed by atoms with Crippen LogP contribution in [0.3, 0.4) is 0 Å². The molecule has 2 saturated carbocycles. The van der Waals surface area contributed by atoms with E-state index in [1.54, 1.807) is 24.3 Å². The van der Waals surface area contributed by atoms with Crippen molar-refractivity contribution >= 4 is 23.5 Å². The van der Waals surface area contributed by atoms with Gasteiger partial charge in [-0.3, -0.25) is 9.59 Å². The topological polar surface area (TPSA) is 77.7 Å². The number of hydrogen-bond donors (Lipinski definition) is 0. The summed E-state index contributed by atoms with van der Waals surface area (Å²) < 4.78 is 22.3. The van der Waals surface area contributed by atoms with Gasteiger partial charge in [0.05, 0.1) is 36.3 Å². The SMILES string of the molecule is O=C(OC(OC(=O)C1CCC2OC2C1)c1ccc(Cl)cc1)C1CCC2OC2C1. The number of esters is 2. The van der Waals surface area contributed by atoms with Gasteiger partial charge in [0.15, 0.2) is 0 Å². The quantitative estimate of drug-likeness (QED) is 0.422. The highest BCUT2D eigenvalue weighted by molar-refractivity contribution is 6.30. The Morgan fingerprint density at radius 2 is 1.32 bits per heavy atom. The van der Waals surface area contributed by atoms with Gasteiger partial charge in [-0.15, -0.1) is 0 Å². The molecule has 150 valence electrons. The van der Waals surface area contributed by atoms with Gasteiger partial charge in [0, 0.05) is 10.6 Å². The summed E-state index contributed by atoms with van der Waals surface area (Å²) >= 11 is 5.97. The van der Waals surface area contributed by atoms with E-state index < -0.39 is 6.29 Å². The number of carbonyl (C=O) groups excluding carboxylic acids is 2. The highest BCUT2D eigenvalue weighted by atomic mass is 35.5. The molecule has 6 nitrogen and oxygen atoms in total. The third-order valence-electron chi connectivity index (χ3n) is 6.26. The van der Waals surface area contributed by atoms with E-state index >= 15 is 0 Å². The van der Waals surface area contributed by atoms with E-state index in [0.29, 0.717) is 35.6 Å². The Morgan fingerprint density at radius 1 is 0.821 bits per heavy atom. The van der Waals surface area contributed by atoms with Gasteiger partial charge in [0.2, 0.25) is 0 Å². The van der Waals surface area contributed by atoms with Gasteiger partial charge in [-0.25, -0.2) is 0 Å². The summed E-state index contributed by atoms with van der Waals surface area (Å²) in [6.07, 6.45) is 4.50. The van der Waals surface area contributed by atoms with Gasteiger partial charge in [-0.05, 0) is 50.7 Å². The predicted octanol–water partition coefficient (Wildman–Crippen LogP) is 3.56. The molecule has 2 heterocycles. The van der Waals surface area contributed by atoms with Gasteiger partial charge in [-0.1, -0.05) is 23.7 Å². The van der Waals surface area contributed by atoms with Gasteiger partial charge in [-0.2, -0.15) is 0 Å². The second-order valence-corrected chi connectivity index (χ2v) is 8.64. The lowest BCUT2D eigenvalue weighted by molar-refractivity contribution is -0.196. The second kappa shape index (κ2) is 7.32. The summed E-state index contributed by atoms with van der Waals surface area (Å²) in [5.41, 5.74) is 0.596. The first-order chi connectivity index (χ1) is 13.6. The molecule has 2 aliphatic carbocycles. The molecule has 4 aliphatic rings. The molecule has 7 heteroatoms. The van der Waals surface area contributed by atoms with Crippen LogP contribution >= 0.6 is 11.6 Å². The minimum atomic E-state index is -1.06. The van der Waals surface area contributed by atoms with Crippen LogP contribution in [-0.4, -0.2) is 36.4 Å². The van der Waals surface area contributed by atoms with Crippen molar-refractivity contribution in [3.8, 4) is 0 Å². The van der Waals surface area contributed by atoms with Crippen LogP contribution in [0.5, 0.6) is 0 Å². The molecule has 0 amide bonds. The van der Waals surface area contributed by atoms with Crippen LogP contribution in [0, 0.1) is 11.8 Å². The Morgan fingerprint density at radius 3 is 1.79 bits per heavy atom. The zero-order valence-corrected chi connectivity index (χ0v) is 16.2. The van der Waals surface area contributed by atoms with Crippen LogP contribution in [0.2, 0.25) is 5.02 Å². The molecule has 2 saturated heterocycles. The average Bonchev–Trinajstić information content (AvgIpc) is 3.60. The highest BCUT2D eigenvalue weighted by Gasteiger charge is 2.48. The van der Waals surface area contributed by atoms with Crippen LogP contribution in [-0.2, 0) is 28.5 Å². The number of hydrogen-bond acceptors (Lipinski definition) is 6. The molecule has 4 fully saturated rings. The van der Waals surface area contributed by atoms with E-state index in [4.69, 9.17) is 30.5 Å². The van der Waals surface area contributed by atoms with Crippen molar-refractivity contribution in [2.24, 2.45) is 11.8 Å². The van der Waals surface area contributed by atoms with Crippen molar-refractivity contribution in [2.45, 2.75) is 69.2 Å². The second-order valence-electron chi connectivity index (χ2n) is 8.20. The number of epoxide rings is 2. The molecule has 0 aromatic heterocycles. The first-order valence-corrected chi connectivity index (χ1v) is 10.4. The number of ether oxygens (including phenoxy) is 4. The molecule has 2 aliphatic heterocycles. The van der Waals surface area contributed by atoms with E-state index in [9.17, 15) is 9.59 Å². The maximum absolute atomic E-state index is 12.7. The van der Waals surface area contributed by atoms with Crippen molar-refractivity contribution in [3.63, 3.8) is 0 Å². The average molecular weight is 407 g/mol. The van der Waals surface area contributed by atoms with Crippen LogP contribution < -0.4 is 0 Å². The molecule has 0 bridgehead atoms. The normalized spacial score (nSPS) is 36.5. The van der Waals surface area contributed by atoms with Crippen LogP contribution in [0.4, 0.5) is 0 Å². The van der Waals surface area contributed by atoms with Gasteiger partial charge in [0.25, 0.3) is 6.29 Å². The van der Waals surface area contributed by atoms with E-state index in [2.05, 4.69) is 0 Å². The number of rotatable bonds is 5. The van der Waals surface area contributed by atoms with Crippen molar-refractivity contribution < 1.29 is 28.5 Å². The lowest BCUT2D eigenvalue weighted by atomic mass is 9.89. The number of carbonyl (C=O) groups is 2. The van der Waals surface area contributed by atoms with Gasteiger partial charge in [0.1, 0.15) is 0 Å². The fourth-order valence-corrected chi connectivity index (χ4v) is 4.55. The summed E-state index contributed by atoms with van der Waals surface area (Å²) in [6.45, 7) is 0. The zero-order valence-electron chi connectivity index (χ0n) is 15.4. The predicted molar refractivity (Wildman–Crippen MR) is 98.4 cm³/mol. The van der Waals surface area contributed by atoms with Crippen LogP contribution in [0.25, 0.3) is 0 Å². The smallest absolute Gasteiger partial charge is 0.312 e. The largest absolute Gasteiger partial charge is 0.420 e. The molecule has 1 aromatic rings.